The molecule has 1 aromatic heterocycles. The SMILES string of the molecule is CCN1CCC(CCNC(=O)c2ccc3c(c2)c2c(n3CC)C(=O)CCC2)CC1. The summed E-state index contributed by atoms with van der Waals surface area (Å²) in [6, 6.07) is 5.91. The second-order valence-electron chi connectivity index (χ2n) is 8.50. The molecule has 0 saturated carbocycles. The molecule has 1 fully saturated rings. The number of hydrogen-bond donors (Lipinski definition) is 1. The topological polar surface area (TPSA) is 54.3 Å². The Morgan fingerprint density at radius 1 is 1.14 bits per heavy atom. The lowest BCUT2D eigenvalue weighted by Crippen LogP contribution is -2.35. The van der Waals surface area contributed by atoms with Crippen LogP contribution in [0.1, 0.15) is 72.4 Å². The number of amides is 1. The van der Waals surface area contributed by atoms with E-state index in [0.29, 0.717) is 12.0 Å². The van der Waals surface area contributed by atoms with E-state index in [1.807, 2.05) is 18.2 Å². The Morgan fingerprint density at radius 3 is 2.66 bits per heavy atom. The molecule has 5 heteroatoms. The molecular weight excluding hydrogens is 362 g/mol. The lowest BCUT2D eigenvalue weighted by molar-refractivity contribution is 0.0945. The number of likely N-dealkylation sites (tertiary alicyclic amines) is 1. The monoisotopic (exact) mass is 395 g/mol. The molecule has 2 heterocycles. The summed E-state index contributed by atoms with van der Waals surface area (Å²) in [5.41, 5.74) is 3.78. The standard InChI is InChI=1S/C24H33N3O2/c1-3-26-14-11-17(12-15-26)10-13-25-24(29)18-8-9-21-20(16-18)19-6-5-7-22(28)23(19)27(21)4-2/h8-9,16-17H,3-7,10-15H2,1-2H3,(H,25,29). The number of aromatic nitrogens is 1. The van der Waals surface area contributed by atoms with Crippen molar-refractivity contribution in [3.05, 3.63) is 35.0 Å². The van der Waals surface area contributed by atoms with Crippen molar-refractivity contribution in [1.29, 1.82) is 0 Å². The van der Waals surface area contributed by atoms with Gasteiger partial charge in [0.15, 0.2) is 5.78 Å². The highest BCUT2D eigenvalue weighted by molar-refractivity contribution is 6.06. The molecule has 1 aliphatic heterocycles. The Balaban J connectivity index is 1.44. The molecule has 1 saturated heterocycles. The molecule has 0 spiro atoms. The van der Waals surface area contributed by atoms with Crippen LogP contribution in [0.2, 0.25) is 0 Å². The number of hydrogen-bond acceptors (Lipinski definition) is 3. The average molecular weight is 396 g/mol. The zero-order valence-electron chi connectivity index (χ0n) is 17.8. The zero-order chi connectivity index (χ0) is 20.4. The predicted octanol–water partition coefficient (Wildman–Crippen LogP) is 4.03. The number of Topliss-reactive ketones (excluding diaryl/α,β-unsaturated/α-hetero) is 1. The molecule has 29 heavy (non-hydrogen) atoms. The van der Waals surface area contributed by atoms with E-state index in [4.69, 9.17) is 0 Å². The molecule has 2 aliphatic rings. The second kappa shape index (κ2) is 8.70. The van der Waals surface area contributed by atoms with Gasteiger partial charge in [-0.15, -0.1) is 0 Å². The van der Waals surface area contributed by atoms with E-state index >= 15 is 0 Å². The molecule has 2 aromatic rings. The zero-order valence-corrected chi connectivity index (χ0v) is 17.8. The van der Waals surface area contributed by atoms with E-state index in [1.54, 1.807) is 0 Å². The molecule has 1 N–H and O–H groups in total. The highest BCUT2D eigenvalue weighted by Gasteiger charge is 2.26. The van der Waals surface area contributed by atoms with Crippen molar-refractivity contribution in [2.24, 2.45) is 5.92 Å². The van der Waals surface area contributed by atoms with Gasteiger partial charge in [-0.25, -0.2) is 0 Å². The molecule has 0 radical (unpaired) electrons. The highest BCUT2D eigenvalue weighted by Crippen LogP contribution is 2.33. The van der Waals surface area contributed by atoms with Crippen molar-refractivity contribution in [3.8, 4) is 0 Å². The third-order valence-electron chi connectivity index (χ3n) is 6.83. The van der Waals surface area contributed by atoms with Gasteiger partial charge in [-0.05, 0) is 88.3 Å². The average Bonchev–Trinajstić information content (AvgIpc) is 3.08. The van der Waals surface area contributed by atoms with Gasteiger partial charge >= 0.3 is 0 Å². The second-order valence-corrected chi connectivity index (χ2v) is 8.50. The van der Waals surface area contributed by atoms with E-state index in [9.17, 15) is 9.59 Å². The third kappa shape index (κ3) is 3.97. The maximum atomic E-state index is 12.7. The number of carbonyl (C=O) groups is 2. The van der Waals surface area contributed by atoms with Crippen LogP contribution in [0.15, 0.2) is 18.2 Å². The molecule has 156 valence electrons. The van der Waals surface area contributed by atoms with Gasteiger partial charge in [0.25, 0.3) is 5.91 Å². The summed E-state index contributed by atoms with van der Waals surface area (Å²) in [6.07, 6.45) is 5.99. The first kappa shape index (κ1) is 20.1. The first-order chi connectivity index (χ1) is 14.1. The van der Waals surface area contributed by atoms with Gasteiger partial charge in [-0.2, -0.15) is 0 Å². The van der Waals surface area contributed by atoms with Gasteiger partial charge in [0.2, 0.25) is 0 Å². The number of nitrogens with one attached hydrogen (secondary N) is 1. The summed E-state index contributed by atoms with van der Waals surface area (Å²) in [5, 5.41) is 4.20. The van der Waals surface area contributed by atoms with Crippen molar-refractivity contribution in [1.82, 2.24) is 14.8 Å². The van der Waals surface area contributed by atoms with Crippen LogP contribution in [0.25, 0.3) is 10.9 Å². The molecular formula is C24H33N3O2. The smallest absolute Gasteiger partial charge is 0.251 e. The van der Waals surface area contributed by atoms with Gasteiger partial charge in [-0.1, -0.05) is 6.92 Å². The van der Waals surface area contributed by atoms with Gasteiger partial charge in [-0.3, -0.25) is 9.59 Å². The number of carbonyl (C=O) groups excluding carboxylic acids is 2. The molecule has 0 unspecified atom stereocenters. The van der Waals surface area contributed by atoms with E-state index in [1.165, 1.54) is 25.9 Å². The van der Waals surface area contributed by atoms with Gasteiger partial charge in [0.05, 0.1) is 5.69 Å². The number of ketones is 1. The Bertz CT molecular complexity index is 906. The van der Waals surface area contributed by atoms with Crippen molar-refractivity contribution >= 4 is 22.6 Å². The molecule has 1 aromatic carbocycles. The largest absolute Gasteiger partial charge is 0.352 e. The molecule has 1 amide bonds. The summed E-state index contributed by atoms with van der Waals surface area (Å²) in [7, 11) is 0. The Hall–Kier alpha value is -2.14. The number of rotatable bonds is 6. The van der Waals surface area contributed by atoms with Crippen molar-refractivity contribution in [2.75, 3.05) is 26.2 Å². The summed E-state index contributed by atoms with van der Waals surface area (Å²) in [4.78, 5) is 27.7. The minimum atomic E-state index is -0.00183. The quantitative estimate of drug-likeness (QED) is 0.803. The summed E-state index contributed by atoms with van der Waals surface area (Å²) >= 11 is 0. The number of nitrogens with zero attached hydrogens (tertiary/aromatic N) is 2. The summed E-state index contributed by atoms with van der Waals surface area (Å²) in [5.74, 6) is 0.958. The van der Waals surface area contributed by atoms with Gasteiger partial charge < -0.3 is 14.8 Å². The normalized spacial score (nSPS) is 18.2. The van der Waals surface area contributed by atoms with E-state index in [2.05, 4.69) is 28.6 Å². The van der Waals surface area contributed by atoms with E-state index < -0.39 is 0 Å². The minimum Gasteiger partial charge on any atom is -0.352 e. The van der Waals surface area contributed by atoms with Crippen LogP contribution in [0.4, 0.5) is 0 Å². The molecule has 0 atom stereocenters. The molecule has 4 rings (SSSR count). The maximum Gasteiger partial charge on any atom is 0.251 e. The number of aryl methyl sites for hydroxylation is 2. The predicted molar refractivity (Wildman–Crippen MR) is 117 cm³/mol. The fourth-order valence-corrected chi connectivity index (χ4v) is 5.09. The molecule has 1 aliphatic carbocycles. The van der Waals surface area contributed by atoms with Crippen molar-refractivity contribution in [2.45, 2.75) is 58.9 Å². The van der Waals surface area contributed by atoms with Crippen LogP contribution < -0.4 is 5.32 Å². The molecule has 5 nitrogen and oxygen atoms in total. The van der Waals surface area contributed by atoms with Gasteiger partial charge in [0.1, 0.15) is 0 Å². The Labute approximate surface area is 173 Å². The lowest BCUT2D eigenvalue weighted by Gasteiger charge is -2.31. The summed E-state index contributed by atoms with van der Waals surface area (Å²) in [6.45, 7) is 9.32. The lowest BCUT2D eigenvalue weighted by atomic mass is 9.93. The number of benzene rings is 1. The van der Waals surface area contributed by atoms with Crippen molar-refractivity contribution < 1.29 is 9.59 Å². The minimum absolute atomic E-state index is 0.00183. The first-order valence-electron chi connectivity index (χ1n) is 11.3. The first-order valence-corrected chi connectivity index (χ1v) is 11.3. The maximum absolute atomic E-state index is 12.7. The fraction of sp³-hybridized carbons (Fsp3) is 0.583. The van der Waals surface area contributed by atoms with Crippen LogP contribution in [-0.2, 0) is 13.0 Å². The van der Waals surface area contributed by atoms with Crippen LogP contribution in [-0.4, -0.2) is 47.3 Å². The fourth-order valence-electron chi connectivity index (χ4n) is 5.09. The number of piperidine rings is 1. The van der Waals surface area contributed by atoms with Gasteiger partial charge in [0, 0.05) is 36.0 Å². The highest BCUT2D eigenvalue weighted by atomic mass is 16.1. The number of fused-ring (bicyclic) bond motifs is 3. The van der Waals surface area contributed by atoms with Crippen LogP contribution in [0.3, 0.4) is 0 Å². The van der Waals surface area contributed by atoms with E-state index in [-0.39, 0.29) is 11.7 Å². The summed E-state index contributed by atoms with van der Waals surface area (Å²) < 4.78 is 2.12. The Kier molecular flexibility index (Phi) is 6.04. The van der Waals surface area contributed by atoms with Crippen LogP contribution >= 0.6 is 0 Å². The van der Waals surface area contributed by atoms with E-state index in [0.717, 1.165) is 67.0 Å². The van der Waals surface area contributed by atoms with Crippen LogP contribution in [0, 0.1) is 5.92 Å². The van der Waals surface area contributed by atoms with Crippen molar-refractivity contribution in [3.63, 3.8) is 0 Å². The van der Waals surface area contributed by atoms with Crippen LogP contribution in [0.5, 0.6) is 0 Å². The third-order valence-corrected chi connectivity index (χ3v) is 6.83. The Morgan fingerprint density at radius 2 is 1.93 bits per heavy atom. The molecule has 0 bridgehead atoms.